The van der Waals surface area contributed by atoms with E-state index in [1.165, 1.54) is 6.08 Å². The van der Waals surface area contributed by atoms with Gasteiger partial charge in [-0.15, -0.1) is 6.58 Å². The molecular formula is C3H5NaO2S2. The van der Waals surface area contributed by atoms with E-state index in [0.29, 0.717) is 0 Å². The maximum atomic E-state index is 9.97. The normalized spacial score (nSPS) is 9.62. The second kappa shape index (κ2) is 4.88. The van der Waals surface area contributed by atoms with Crippen molar-refractivity contribution >= 4 is 20.5 Å². The van der Waals surface area contributed by atoms with Gasteiger partial charge in [-0.3, -0.25) is 8.42 Å². The molecule has 0 aromatic heterocycles. The van der Waals surface area contributed by atoms with E-state index < -0.39 is 8.87 Å². The van der Waals surface area contributed by atoms with E-state index in [2.05, 4.69) is 18.2 Å². The summed E-state index contributed by atoms with van der Waals surface area (Å²) in [5.41, 5.74) is 0. The van der Waals surface area contributed by atoms with Gasteiger partial charge in [0.25, 0.3) is 0 Å². The molecule has 0 aliphatic rings. The summed E-state index contributed by atoms with van der Waals surface area (Å²) in [6, 6.07) is 0. The molecule has 0 atom stereocenters. The van der Waals surface area contributed by atoms with E-state index in [4.69, 9.17) is 0 Å². The van der Waals surface area contributed by atoms with Gasteiger partial charge in [0.1, 0.15) is 0 Å². The third-order valence-electron chi connectivity index (χ3n) is 0.322. The number of rotatable bonds is 2. The zero-order valence-electron chi connectivity index (χ0n) is 4.62. The quantitative estimate of drug-likeness (QED) is 0.187. The van der Waals surface area contributed by atoms with Crippen LogP contribution in [0, 0.1) is 0 Å². The molecule has 0 amide bonds. The topological polar surface area (TPSA) is 34.1 Å². The second-order valence-electron chi connectivity index (χ2n) is 1.01. The Balaban J connectivity index is 0. The smallest absolute Gasteiger partial charge is 0.649 e. The van der Waals surface area contributed by atoms with Gasteiger partial charge in [0, 0.05) is 14.6 Å². The summed E-state index contributed by atoms with van der Waals surface area (Å²) in [6.45, 7) is 3.20. The van der Waals surface area contributed by atoms with Crippen molar-refractivity contribution in [2.45, 2.75) is 0 Å². The predicted molar refractivity (Wildman–Crippen MR) is 31.3 cm³/mol. The van der Waals surface area contributed by atoms with Gasteiger partial charge in [0.15, 0.2) is 0 Å². The molecule has 42 valence electrons. The first kappa shape index (κ1) is 11.8. The van der Waals surface area contributed by atoms with Crippen LogP contribution in [0.25, 0.3) is 0 Å². The van der Waals surface area contributed by atoms with E-state index in [9.17, 15) is 8.42 Å². The molecule has 5 heteroatoms. The Morgan fingerprint density at radius 2 is 2.00 bits per heavy atom. The fourth-order valence-electron chi connectivity index (χ4n) is 0.144. The largest absolute Gasteiger partial charge is 1.00 e. The van der Waals surface area contributed by atoms with Gasteiger partial charge in [-0.25, -0.2) is 0 Å². The van der Waals surface area contributed by atoms with Crippen molar-refractivity contribution in [3.63, 3.8) is 0 Å². The average molecular weight is 160 g/mol. The van der Waals surface area contributed by atoms with E-state index in [-0.39, 0.29) is 35.3 Å². The molecule has 0 aromatic rings. The van der Waals surface area contributed by atoms with Crippen LogP contribution in [0.15, 0.2) is 12.7 Å². The maximum absolute atomic E-state index is 9.97. The fraction of sp³-hybridized carbons (Fsp3) is 0.333. The van der Waals surface area contributed by atoms with Crippen LogP contribution in [0.5, 0.6) is 0 Å². The van der Waals surface area contributed by atoms with Crippen molar-refractivity contribution in [2.24, 2.45) is 0 Å². The van der Waals surface area contributed by atoms with Crippen LogP contribution in [0.3, 0.4) is 0 Å². The molecule has 0 N–H and O–H groups in total. The van der Waals surface area contributed by atoms with E-state index >= 15 is 0 Å². The molecule has 0 aromatic carbocycles. The molecule has 0 aliphatic carbocycles. The van der Waals surface area contributed by atoms with Crippen molar-refractivity contribution in [1.29, 1.82) is 0 Å². The predicted octanol–water partition coefficient (Wildman–Crippen LogP) is -2.95. The zero-order valence-corrected chi connectivity index (χ0v) is 8.26. The Bertz CT molecular complexity index is 149. The first-order chi connectivity index (χ1) is 3.06. The van der Waals surface area contributed by atoms with Gasteiger partial charge < -0.3 is 11.7 Å². The number of hydrogen-bond donors (Lipinski definition) is 0. The molecule has 0 rings (SSSR count). The molecule has 0 saturated heterocycles. The van der Waals surface area contributed by atoms with Crippen LogP contribution >= 0.6 is 0 Å². The fourth-order valence-corrected chi connectivity index (χ4v) is 0.722. The van der Waals surface area contributed by atoms with E-state index in [0.717, 1.165) is 0 Å². The Morgan fingerprint density at radius 1 is 1.62 bits per heavy atom. The molecule has 0 saturated carbocycles. The molecule has 0 radical (unpaired) electrons. The average Bonchev–Trinajstić information content (AvgIpc) is 1.30. The Kier molecular flexibility index (Phi) is 7.19. The van der Waals surface area contributed by atoms with Crippen molar-refractivity contribution in [2.75, 3.05) is 5.75 Å². The summed E-state index contributed by atoms with van der Waals surface area (Å²) < 4.78 is 19.9. The zero-order chi connectivity index (χ0) is 5.91. The van der Waals surface area contributed by atoms with Crippen LogP contribution < -0.4 is 29.6 Å². The molecule has 0 spiro atoms. The first-order valence-electron chi connectivity index (χ1n) is 1.61. The van der Waals surface area contributed by atoms with Crippen LogP contribution in [0.1, 0.15) is 0 Å². The minimum absolute atomic E-state index is 0. The summed E-state index contributed by atoms with van der Waals surface area (Å²) in [6.07, 6.45) is 1.27. The van der Waals surface area contributed by atoms with Crippen LogP contribution in [0.4, 0.5) is 0 Å². The van der Waals surface area contributed by atoms with Crippen molar-refractivity contribution in [3.05, 3.63) is 12.7 Å². The van der Waals surface area contributed by atoms with Gasteiger partial charge in [0.05, 0.1) is 0 Å². The molecule has 0 aliphatic heterocycles. The third-order valence-corrected chi connectivity index (χ3v) is 1.37. The van der Waals surface area contributed by atoms with Crippen LogP contribution in [-0.4, -0.2) is 14.2 Å². The molecule has 0 fully saturated rings. The summed E-state index contributed by atoms with van der Waals surface area (Å²) in [5, 5.41) is 0. The summed E-state index contributed by atoms with van der Waals surface area (Å²) in [4.78, 5) is 0. The minimum Gasteiger partial charge on any atom is -0.649 e. The monoisotopic (exact) mass is 160 g/mol. The first-order valence-corrected chi connectivity index (χ1v) is 4.18. The molecular weight excluding hydrogens is 155 g/mol. The van der Waals surface area contributed by atoms with Gasteiger partial charge in [0.2, 0.25) is 0 Å². The molecule has 0 bridgehead atoms. The molecule has 8 heavy (non-hydrogen) atoms. The van der Waals surface area contributed by atoms with Crippen molar-refractivity contribution in [3.8, 4) is 0 Å². The SMILES string of the molecule is C=CCS(=O)(=O)[S-].[Na+]. The standard InChI is InChI=1S/C3H6O2S2.Na/c1-2-3-7(4,5)6;/h2H,1,3H2,(H,4,5,6);/q;+1/p-1. The minimum atomic E-state index is -3.21. The summed E-state index contributed by atoms with van der Waals surface area (Å²) in [7, 11) is -3.21. The second-order valence-corrected chi connectivity index (χ2v) is 3.99. The van der Waals surface area contributed by atoms with Gasteiger partial charge in [-0.2, -0.15) is 0 Å². The van der Waals surface area contributed by atoms with Gasteiger partial charge in [-0.1, -0.05) is 6.08 Å². The van der Waals surface area contributed by atoms with Crippen molar-refractivity contribution < 1.29 is 38.0 Å². The molecule has 0 heterocycles. The maximum Gasteiger partial charge on any atom is 1.00 e. The molecule has 2 nitrogen and oxygen atoms in total. The van der Waals surface area contributed by atoms with Crippen molar-refractivity contribution in [1.82, 2.24) is 0 Å². The van der Waals surface area contributed by atoms with E-state index in [1.54, 1.807) is 0 Å². The van der Waals surface area contributed by atoms with Gasteiger partial charge in [-0.05, 0) is 0 Å². The van der Waals surface area contributed by atoms with Gasteiger partial charge >= 0.3 is 29.6 Å². The Labute approximate surface area is 76.4 Å². The molecule has 0 unspecified atom stereocenters. The summed E-state index contributed by atoms with van der Waals surface area (Å²) in [5.74, 6) is -0.109. The van der Waals surface area contributed by atoms with Crippen LogP contribution in [0.2, 0.25) is 0 Å². The summed E-state index contributed by atoms with van der Waals surface area (Å²) >= 11 is 3.98. The number of hydrogen-bond acceptors (Lipinski definition) is 3. The Hall–Kier alpha value is 1.04. The van der Waals surface area contributed by atoms with E-state index in [1.807, 2.05) is 0 Å². The Morgan fingerprint density at radius 3 is 2.00 bits per heavy atom. The van der Waals surface area contributed by atoms with Crippen LogP contribution in [-0.2, 0) is 20.5 Å². The third kappa shape index (κ3) is 10.1.